The van der Waals surface area contributed by atoms with Crippen LogP contribution in [0.1, 0.15) is 19.4 Å². The van der Waals surface area contributed by atoms with Gasteiger partial charge < -0.3 is 19.9 Å². The number of para-hydroxylation sites is 3. The molecule has 0 saturated carbocycles. The molecule has 2 amide bonds. The number of urea groups is 1. The molecule has 2 aromatic carbocycles. The fourth-order valence-corrected chi connectivity index (χ4v) is 3.19. The summed E-state index contributed by atoms with van der Waals surface area (Å²) in [6.07, 6.45) is 0.0608. The number of hydrogen-bond donors (Lipinski definition) is 1. The molecule has 1 aliphatic heterocycles. The van der Waals surface area contributed by atoms with Crippen molar-refractivity contribution in [2.75, 3.05) is 36.4 Å². The second kappa shape index (κ2) is 8.13. The van der Waals surface area contributed by atoms with Crippen LogP contribution in [0, 0.1) is 6.92 Å². The molecule has 1 aliphatic rings. The minimum Gasteiger partial charge on any atom is -0.489 e. The van der Waals surface area contributed by atoms with Gasteiger partial charge in [-0.15, -0.1) is 0 Å². The van der Waals surface area contributed by atoms with Crippen LogP contribution < -0.4 is 15.0 Å². The SMILES string of the molecule is Cc1ccccc1N1CCN(C(=O)Nc2ccccc2OC(C)C)CC1. The molecular formula is C21H27N3O2. The van der Waals surface area contributed by atoms with Crippen LogP contribution in [0.15, 0.2) is 48.5 Å². The number of carbonyl (C=O) groups is 1. The Labute approximate surface area is 155 Å². The molecule has 26 heavy (non-hydrogen) atoms. The van der Waals surface area contributed by atoms with Crippen LogP contribution in [0.4, 0.5) is 16.2 Å². The third-order valence-corrected chi connectivity index (χ3v) is 4.51. The summed E-state index contributed by atoms with van der Waals surface area (Å²) in [7, 11) is 0. The fraction of sp³-hybridized carbons (Fsp3) is 0.381. The third kappa shape index (κ3) is 4.28. The number of anilines is 2. The highest BCUT2D eigenvalue weighted by Crippen LogP contribution is 2.26. The smallest absolute Gasteiger partial charge is 0.322 e. The van der Waals surface area contributed by atoms with Crippen LogP contribution >= 0.6 is 0 Å². The van der Waals surface area contributed by atoms with E-state index in [2.05, 4.69) is 41.4 Å². The molecule has 1 fully saturated rings. The molecule has 0 atom stereocenters. The lowest BCUT2D eigenvalue weighted by Crippen LogP contribution is -2.50. The van der Waals surface area contributed by atoms with E-state index in [0.29, 0.717) is 24.5 Å². The maximum absolute atomic E-state index is 12.7. The molecule has 2 aromatic rings. The summed E-state index contributed by atoms with van der Waals surface area (Å²) < 4.78 is 5.78. The summed E-state index contributed by atoms with van der Waals surface area (Å²) in [5.74, 6) is 0.703. The van der Waals surface area contributed by atoms with Crippen LogP contribution in [-0.4, -0.2) is 43.2 Å². The molecule has 1 N–H and O–H groups in total. The molecule has 0 spiro atoms. The Morgan fingerprint density at radius 3 is 2.35 bits per heavy atom. The van der Waals surface area contributed by atoms with E-state index in [4.69, 9.17) is 4.74 Å². The van der Waals surface area contributed by atoms with Crippen LogP contribution in [0.2, 0.25) is 0 Å². The molecule has 138 valence electrons. The monoisotopic (exact) mass is 353 g/mol. The number of nitrogens with zero attached hydrogens (tertiary/aromatic N) is 2. The van der Waals surface area contributed by atoms with Gasteiger partial charge in [0, 0.05) is 31.9 Å². The van der Waals surface area contributed by atoms with Crippen molar-refractivity contribution in [2.45, 2.75) is 26.9 Å². The summed E-state index contributed by atoms with van der Waals surface area (Å²) in [6, 6.07) is 15.9. The Morgan fingerprint density at radius 1 is 1.00 bits per heavy atom. The first-order chi connectivity index (χ1) is 12.5. The second-order valence-electron chi connectivity index (χ2n) is 6.85. The van der Waals surface area contributed by atoms with E-state index in [1.165, 1.54) is 11.3 Å². The lowest BCUT2D eigenvalue weighted by Gasteiger charge is -2.36. The van der Waals surface area contributed by atoms with Crippen molar-refractivity contribution < 1.29 is 9.53 Å². The number of hydrogen-bond acceptors (Lipinski definition) is 3. The first-order valence-electron chi connectivity index (χ1n) is 9.17. The molecule has 5 heteroatoms. The molecule has 1 heterocycles. The zero-order chi connectivity index (χ0) is 18.5. The van der Waals surface area contributed by atoms with Gasteiger partial charge in [-0.1, -0.05) is 30.3 Å². The molecule has 3 rings (SSSR count). The van der Waals surface area contributed by atoms with E-state index in [1.807, 2.05) is 43.0 Å². The van der Waals surface area contributed by atoms with Crippen molar-refractivity contribution in [2.24, 2.45) is 0 Å². The van der Waals surface area contributed by atoms with Crippen molar-refractivity contribution >= 4 is 17.4 Å². The van der Waals surface area contributed by atoms with Gasteiger partial charge in [0.15, 0.2) is 0 Å². The van der Waals surface area contributed by atoms with Crippen molar-refractivity contribution in [3.05, 3.63) is 54.1 Å². The van der Waals surface area contributed by atoms with Crippen LogP contribution in [0.25, 0.3) is 0 Å². The average Bonchev–Trinajstić information content (AvgIpc) is 2.63. The summed E-state index contributed by atoms with van der Waals surface area (Å²) in [4.78, 5) is 16.9. The van der Waals surface area contributed by atoms with Crippen molar-refractivity contribution in [1.82, 2.24) is 4.90 Å². The lowest BCUT2D eigenvalue weighted by atomic mass is 10.1. The average molecular weight is 353 g/mol. The number of benzene rings is 2. The molecule has 1 saturated heterocycles. The second-order valence-corrected chi connectivity index (χ2v) is 6.85. The van der Waals surface area contributed by atoms with E-state index in [9.17, 15) is 4.79 Å². The molecule has 5 nitrogen and oxygen atoms in total. The largest absolute Gasteiger partial charge is 0.489 e. The maximum Gasteiger partial charge on any atom is 0.322 e. The quantitative estimate of drug-likeness (QED) is 0.899. The van der Waals surface area contributed by atoms with Gasteiger partial charge in [-0.05, 0) is 44.5 Å². The number of piperazine rings is 1. The van der Waals surface area contributed by atoms with Crippen LogP contribution in [-0.2, 0) is 0 Å². The Balaban J connectivity index is 1.60. The number of amides is 2. The van der Waals surface area contributed by atoms with Gasteiger partial charge in [0.05, 0.1) is 11.8 Å². The Bertz CT molecular complexity index is 752. The van der Waals surface area contributed by atoms with E-state index in [-0.39, 0.29) is 12.1 Å². The zero-order valence-corrected chi connectivity index (χ0v) is 15.7. The highest BCUT2D eigenvalue weighted by atomic mass is 16.5. The van der Waals surface area contributed by atoms with E-state index in [1.54, 1.807) is 0 Å². The van der Waals surface area contributed by atoms with Gasteiger partial charge in [0.1, 0.15) is 5.75 Å². The Morgan fingerprint density at radius 2 is 1.65 bits per heavy atom. The topological polar surface area (TPSA) is 44.8 Å². The number of rotatable bonds is 4. The van der Waals surface area contributed by atoms with Crippen molar-refractivity contribution in [3.8, 4) is 5.75 Å². The lowest BCUT2D eigenvalue weighted by molar-refractivity contribution is 0.207. The van der Waals surface area contributed by atoms with Gasteiger partial charge in [0.2, 0.25) is 0 Å². The Kier molecular flexibility index (Phi) is 5.66. The summed E-state index contributed by atoms with van der Waals surface area (Å²) in [6.45, 7) is 9.15. The summed E-state index contributed by atoms with van der Waals surface area (Å²) >= 11 is 0. The molecule has 0 aliphatic carbocycles. The number of aryl methyl sites for hydroxylation is 1. The van der Waals surface area contributed by atoms with Crippen LogP contribution in [0.3, 0.4) is 0 Å². The maximum atomic E-state index is 12.7. The van der Waals surface area contributed by atoms with E-state index in [0.717, 1.165) is 13.1 Å². The fourth-order valence-electron chi connectivity index (χ4n) is 3.19. The standard InChI is InChI=1S/C21H27N3O2/c1-16(2)26-20-11-7-5-9-18(20)22-21(25)24-14-12-23(13-15-24)19-10-6-4-8-17(19)3/h4-11,16H,12-15H2,1-3H3,(H,22,25). The summed E-state index contributed by atoms with van der Waals surface area (Å²) in [5, 5.41) is 3.00. The van der Waals surface area contributed by atoms with Gasteiger partial charge in [-0.25, -0.2) is 4.79 Å². The molecule has 0 bridgehead atoms. The van der Waals surface area contributed by atoms with Crippen LogP contribution in [0.5, 0.6) is 5.75 Å². The predicted molar refractivity (Wildman–Crippen MR) is 106 cm³/mol. The normalized spacial score (nSPS) is 14.5. The Hall–Kier alpha value is -2.69. The third-order valence-electron chi connectivity index (χ3n) is 4.51. The minimum absolute atomic E-state index is 0.0608. The first-order valence-corrected chi connectivity index (χ1v) is 9.17. The number of nitrogens with one attached hydrogen (secondary N) is 1. The highest BCUT2D eigenvalue weighted by molar-refractivity contribution is 5.91. The van der Waals surface area contributed by atoms with Gasteiger partial charge in [0.25, 0.3) is 0 Å². The predicted octanol–water partition coefficient (Wildman–Crippen LogP) is 4.14. The molecule has 0 radical (unpaired) electrons. The van der Waals surface area contributed by atoms with Gasteiger partial charge >= 0.3 is 6.03 Å². The summed E-state index contributed by atoms with van der Waals surface area (Å²) in [5.41, 5.74) is 3.24. The van der Waals surface area contributed by atoms with Gasteiger partial charge in [-0.2, -0.15) is 0 Å². The number of carbonyl (C=O) groups excluding carboxylic acids is 1. The van der Waals surface area contributed by atoms with E-state index < -0.39 is 0 Å². The molecule has 0 unspecified atom stereocenters. The van der Waals surface area contributed by atoms with Crippen molar-refractivity contribution in [3.63, 3.8) is 0 Å². The minimum atomic E-state index is -0.0748. The highest BCUT2D eigenvalue weighted by Gasteiger charge is 2.22. The number of ether oxygens (including phenoxy) is 1. The van der Waals surface area contributed by atoms with Crippen molar-refractivity contribution in [1.29, 1.82) is 0 Å². The molecular weight excluding hydrogens is 326 g/mol. The first kappa shape index (κ1) is 18.1. The van der Waals surface area contributed by atoms with Gasteiger partial charge in [-0.3, -0.25) is 0 Å². The molecule has 0 aromatic heterocycles. The zero-order valence-electron chi connectivity index (χ0n) is 15.7. The van der Waals surface area contributed by atoms with E-state index >= 15 is 0 Å².